The molecule has 1 aromatic rings. The quantitative estimate of drug-likeness (QED) is 0.825. The topological polar surface area (TPSA) is 41.1 Å². The van der Waals surface area contributed by atoms with E-state index in [0.717, 1.165) is 24.9 Å². The van der Waals surface area contributed by atoms with Crippen molar-refractivity contribution < 1.29 is 4.79 Å². The fraction of sp³-hybridized carbons (Fsp3) is 0.562. The summed E-state index contributed by atoms with van der Waals surface area (Å²) in [5.74, 6) is 0.740. The van der Waals surface area contributed by atoms with Crippen molar-refractivity contribution in [2.45, 2.75) is 39.2 Å². The second kappa shape index (κ2) is 5.74. The summed E-state index contributed by atoms with van der Waals surface area (Å²) in [7, 11) is 1.90. The third-order valence-corrected chi connectivity index (χ3v) is 3.95. The lowest BCUT2D eigenvalue weighted by Gasteiger charge is -2.15. The molecule has 1 saturated carbocycles. The summed E-state index contributed by atoms with van der Waals surface area (Å²) in [5, 5.41) is 6.16. The second-order valence-corrected chi connectivity index (χ2v) is 5.89. The highest BCUT2D eigenvalue weighted by Crippen LogP contribution is 2.45. The van der Waals surface area contributed by atoms with Crippen molar-refractivity contribution >= 4 is 5.91 Å². The van der Waals surface area contributed by atoms with Crippen LogP contribution in [0.25, 0.3) is 0 Å². The Labute approximate surface area is 115 Å². The van der Waals surface area contributed by atoms with Crippen LogP contribution in [0.3, 0.4) is 0 Å². The monoisotopic (exact) mass is 260 g/mol. The third kappa shape index (κ3) is 3.35. The molecule has 1 aliphatic carbocycles. The summed E-state index contributed by atoms with van der Waals surface area (Å²) in [6.07, 6.45) is 2.01. The van der Waals surface area contributed by atoms with E-state index in [2.05, 4.69) is 48.7 Å². The maximum Gasteiger partial charge on any atom is 0.227 e. The standard InChI is InChI=1S/C16H24N2O/c1-12(2)14-6-4-13(5-7-14)10-18-15(19)16(8-9-16)11-17-3/h4-7,12,17H,8-11H2,1-3H3,(H,18,19). The molecular weight excluding hydrogens is 236 g/mol. The minimum Gasteiger partial charge on any atom is -0.352 e. The molecule has 19 heavy (non-hydrogen) atoms. The first kappa shape index (κ1) is 14.1. The van der Waals surface area contributed by atoms with Crippen molar-refractivity contribution in [1.29, 1.82) is 0 Å². The van der Waals surface area contributed by atoms with Gasteiger partial charge < -0.3 is 10.6 Å². The SMILES string of the molecule is CNCC1(C(=O)NCc2ccc(C(C)C)cc2)CC1. The van der Waals surface area contributed by atoms with Crippen LogP contribution in [0.5, 0.6) is 0 Å². The lowest BCUT2D eigenvalue weighted by molar-refractivity contribution is -0.126. The van der Waals surface area contributed by atoms with Gasteiger partial charge in [-0.1, -0.05) is 38.1 Å². The smallest absolute Gasteiger partial charge is 0.227 e. The number of amides is 1. The zero-order valence-electron chi connectivity index (χ0n) is 12.1. The Balaban J connectivity index is 1.87. The van der Waals surface area contributed by atoms with Crippen molar-refractivity contribution in [2.75, 3.05) is 13.6 Å². The van der Waals surface area contributed by atoms with E-state index in [1.165, 1.54) is 5.56 Å². The van der Waals surface area contributed by atoms with Gasteiger partial charge in [0.1, 0.15) is 0 Å². The largest absolute Gasteiger partial charge is 0.352 e. The summed E-state index contributed by atoms with van der Waals surface area (Å²) in [4.78, 5) is 12.1. The normalized spacial score (nSPS) is 16.4. The molecule has 0 bridgehead atoms. The van der Waals surface area contributed by atoms with E-state index >= 15 is 0 Å². The van der Waals surface area contributed by atoms with Gasteiger partial charge in [0.25, 0.3) is 0 Å². The highest BCUT2D eigenvalue weighted by molar-refractivity contribution is 5.85. The first-order valence-electron chi connectivity index (χ1n) is 7.09. The predicted octanol–water partition coefficient (Wildman–Crippen LogP) is 2.43. The molecule has 0 atom stereocenters. The van der Waals surface area contributed by atoms with E-state index in [1.807, 2.05) is 7.05 Å². The molecule has 3 heteroatoms. The van der Waals surface area contributed by atoms with Gasteiger partial charge in [-0.25, -0.2) is 0 Å². The maximum atomic E-state index is 12.1. The zero-order chi connectivity index (χ0) is 13.9. The van der Waals surface area contributed by atoms with Crippen LogP contribution in [0.1, 0.15) is 43.7 Å². The number of hydrogen-bond donors (Lipinski definition) is 2. The van der Waals surface area contributed by atoms with Gasteiger partial charge in [-0.2, -0.15) is 0 Å². The van der Waals surface area contributed by atoms with Crippen LogP contribution < -0.4 is 10.6 Å². The molecule has 3 nitrogen and oxygen atoms in total. The number of carbonyl (C=O) groups excluding carboxylic acids is 1. The number of benzene rings is 1. The van der Waals surface area contributed by atoms with Crippen LogP contribution in [-0.2, 0) is 11.3 Å². The molecule has 0 aromatic heterocycles. The molecule has 1 amide bonds. The molecule has 104 valence electrons. The summed E-state index contributed by atoms with van der Waals surface area (Å²) in [6, 6.07) is 8.50. The average molecular weight is 260 g/mol. The molecule has 1 fully saturated rings. The van der Waals surface area contributed by atoms with Gasteiger partial charge in [0.15, 0.2) is 0 Å². The molecule has 0 aliphatic heterocycles. The van der Waals surface area contributed by atoms with Crippen molar-refractivity contribution in [3.8, 4) is 0 Å². The van der Waals surface area contributed by atoms with Gasteiger partial charge in [-0.05, 0) is 36.9 Å². The Morgan fingerprint density at radius 3 is 2.37 bits per heavy atom. The molecule has 0 heterocycles. The van der Waals surface area contributed by atoms with Gasteiger partial charge in [0.2, 0.25) is 5.91 Å². The van der Waals surface area contributed by atoms with E-state index in [-0.39, 0.29) is 11.3 Å². The minimum absolute atomic E-state index is 0.132. The number of rotatable bonds is 6. The number of carbonyl (C=O) groups is 1. The number of hydrogen-bond acceptors (Lipinski definition) is 2. The summed E-state index contributed by atoms with van der Waals surface area (Å²) < 4.78 is 0. The molecule has 0 radical (unpaired) electrons. The first-order chi connectivity index (χ1) is 9.07. The van der Waals surface area contributed by atoms with E-state index in [1.54, 1.807) is 0 Å². The van der Waals surface area contributed by atoms with Gasteiger partial charge in [-0.15, -0.1) is 0 Å². The Bertz CT molecular complexity index is 433. The Morgan fingerprint density at radius 2 is 1.89 bits per heavy atom. The maximum absolute atomic E-state index is 12.1. The van der Waals surface area contributed by atoms with Crippen molar-refractivity contribution in [3.63, 3.8) is 0 Å². The molecule has 0 saturated heterocycles. The van der Waals surface area contributed by atoms with Crippen molar-refractivity contribution in [1.82, 2.24) is 10.6 Å². The highest BCUT2D eigenvalue weighted by Gasteiger charge is 2.48. The molecule has 1 aromatic carbocycles. The predicted molar refractivity (Wildman–Crippen MR) is 78.0 cm³/mol. The van der Waals surface area contributed by atoms with Crippen LogP contribution in [0.2, 0.25) is 0 Å². The summed E-state index contributed by atoms with van der Waals surface area (Å²) in [5.41, 5.74) is 2.37. The molecule has 2 N–H and O–H groups in total. The summed E-state index contributed by atoms with van der Waals surface area (Å²) >= 11 is 0. The van der Waals surface area contributed by atoms with E-state index in [0.29, 0.717) is 12.5 Å². The molecule has 0 unspecified atom stereocenters. The van der Waals surface area contributed by atoms with Crippen LogP contribution >= 0.6 is 0 Å². The van der Waals surface area contributed by atoms with E-state index in [9.17, 15) is 4.79 Å². The minimum atomic E-state index is -0.132. The average Bonchev–Trinajstić information content (AvgIpc) is 3.18. The van der Waals surface area contributed by atoms with E-state index in [4.69, 9.17) is 0 Å². The first-order valence-corrected chi connectivity index (χ1v) is 7.09. The lowest BCUT2D eigenvalue weighted by Crippen LogP contribution is -2.37. The summed E-state index contributed by atoms with van der Waals surface area (Å²) in [6.45, 7) is 5.78. The van der Waals surface area contributed by atoms with Gasteiger partial charge in [-0.3, -0.25) is 4.79 Å². The number of nitrogens with one attached hydrogen (secondary N) is 2. The van der Waals surface area contributed by atoms with Crippen LogP contribution in [0.15, 0.2) is 24.3 Å². The van der Waals surface area contributed by atoms with Crippen LogP contribution in [0.4, 0.5) is 0 Å². The molecule has 0 spiro atoms. The van der Waals surface area contributed by atoms with Crippen LogP contribution in [0, 0.1) is 5.41 Å². The molecule has 2 rings (SSSR count). The van der Waals surface area contributed by atoms with Crippen molar-refractivity contribution in [2.24, 2.45) is 5.41 Å². The highest BCUT2D eigenvalue weighted by atomic mass is 16.2. The Morgan fingerprint density at radius 1 is 1.26 bits per heavy atom. The Kier molecular flexibility index (Phi) is 4.25. The van der Waals surface area contributed by atoms with Gasteiger partial charge in [0, 0.05) is 13.1 Å². The fourth-order valence-electron chi connectivity index (χ4n) is 2.36. The zero-order valence-corrected chi connectivity index (χ0v) is 12.1. The third-order valence-electron chi connectivity index (χ3n) is 3.95. The Hall–Kier alpha value is -1.35. The molecule has 1 aliphatic rings. The fourth-order valence-corrected chi connectivity index (χ4v) is 2.36. The van der Waals surface area contributed by atoms with Gasteiger partial charge >= 0.3 is 0 Å². The van der Waals surface area contributed by atoms with Crippen LogP contribution in [-0.4, -0.2) is 19.5 Å². The lowest BCUT2D eigenvalue weighted by atomic mass is 10.0. The second-order valence-electron chi connectivity index (χ2n) is 5.89. The van der Waals surface area contributed by atoms with Gasteiger partial charge in [0.05, 0.1) is 5.41 Å². The van der Waals surface area contributed by atoms with Crippen molar-refractivity contribution in [3.05, 3.63) is 35.4 Å². The van der Waals surface area contributed by atoms with E-state index < -0.39 is 0 Å². The molecular formula is C16H24N2O.